The molecule has 2 rings (SSSR count). The number of carbonyl (C=O) groups is 1. The summed E-state index contributed by atoms with van der Waals surface area (Å²) in [5.74, 6) is -0.0169. The molecule has 1 amide bonds. The molecule has 0 aromatic heterocycles. The first-order chi connectivity index (χ1) is 8.72. The van der Waals surface area contributed by atoms with Gasteiger partial charge in [0.05, 0.1) is 12.1 Å². The number of nitrogens with one attached hydrogen (secondary N) is 2. The molecule has 0 spiro atoms. The van der Waals surface area contributed by atoms with Gasteiger partial charge in [-0.25, -0.2) is 0 Å². The summed E-state index contributed by atoms with van der Waals surface area (Å²) in [6.45, 7) is 3.55. The Hall–Kier alpha value is -1.39. The van der Waals surface area contributed by atoms with E-state index < -0.39 is 6.10 Å². The second kappa shape index (κ2) is 5.98. The van der Waals surface area contributed by atoms with Gasteiger partial charge >= 0.3 is 0 Å². The minimum atomic E-state index is -0.509. The van der Waals surface area contributed by atoms with Crippen molar-refractivity contribution >= 4 is 5.91 Å². The second-order valence-corrected chi connectivity index (χ2v) is 4.62. The third kappa shape index (κ3) is 2.89. The van der Waals surface area contributed by atoms with Gasteiger partial charge in [-0.05, 0) is 17.7 Å². The molecule has 2 atom stereocenters. The van der Waals surface area contributed by atoms with Crippen LogP contribution in [0.1, 0.15) is 30.5 Å². The van der Waals surface area contributed by atoms with Crippen LogP contribution in [0.3, 0.4) is 0 Å². The lowest BCUT2D eigenvalue weighted by atomic mass is 10.1. The SMILES string of the molecule is CCNCCC(=O)N[C@@H]1c2ccccc2C[C@@H]1O. The Balaban J connectivity index is 1.95. The van der Waals surface area contributed by atoms with E-state index in [1.54, 1.807) is 0 Å². The maximum Gasteiger partial charge on any atom is 0.221 e. The summed E-state index contributed by atoms with van der Waals surface area (Å²) in [4.78, 5) is 11.8. The molecule has 1 aromatic rings. The molecule has 1 aliphatic carbocycles. The lowest BCUT2D eigenvalue weighted by Gasteiger charge is -2.18. The maximum absolute atomic E-state index is 11.8. The van der Waals surface area contributed by atoms with Crippen LogP contribution in [0.4, 0.5) is 0 Å². The lowest BCUT2D eigenvalue weighted by molar-refractivity contribution is -0.122. The van der Waals surface area contributed by atoms with Crippen molar-refractivity contribution in [3.8, 4) is 0 Å². The lowest BCUT2D eigenvalue weighted by Crippen LogP contribution is -2.35. The fourth-order valence-electron chi connectivity index (χ4n) is 2.37. The summed E-state index contributed by atoms with van der Waals surface area (Å²) >= 11 is 0. The van der Waals surface area contributed by atoms with Gasteiger partial charge in [-0.15, -0.1) is 0 Å². The van der Waals surface area contributed by atoms with E-state index in [0.29, 0.717) is 19.4 Å². The number of hydrogen-bond donors (Lipinski definition) is 3. The van der Waals surface area contributed by atoms with Crippen LogP contribution in [0.2, 0.25) is 0 Å². The Morgan fingerprint density at radius 1 is 1.44 bits per heavy atom. The van der Waals surface area contributed by atoms with E-state index in [-0.39, 0.29) is 11.9 Å². The van der Waals surface area contributed by atoms with Gasteiger partial charge in [-0.3, -0.25) is 4.79 Å². The third-order valence-electron chi connectivity index (χ3n) is 3.30. The predicted molar refractivity (Wildman–Crippen MR) is 70.2 cm³/mol. The van der Waals surface area contributed by atoms with E-state index in [1.165, 1.54) is 0 Å². The third-order valence-corrected chi connectivity index (χ3v) is 3.30. The van der Waals surface area contributed by atoms with Gasteiger partial charge in [0.1, 0.15) is 0 Å². The zero-order valence-electron chi connectivity index (χ0n) is 10.6. The zero-order valence-corrected chi connectivity index (χ0v) is 10.6. The molecule has 0 heterocycles. The minimum absolute atomic E-state index is 0.0169. The first-order valence-electron chi connectivity index (χ1n) is 6.48. The standard InChI is InChI=1S/C14H20N2O2/c1-2-15-8-7-13(18)16-14-11-6-4-3-5-10(11)9-12(14)17/h3-6,12,14-15,17H,2,7-9H2,1H3,(H,16,18)/t12-,14+/m0/s1. The van der Waals surface area contributed by atoms with Gasteiger partial charge in [-0.2, -0.15) is 0 Å². The van der Waals surface area contributed by atoms with E-state index in [9.17, 15) is 9.90 Å². The molecule has 4 heteroatoms. The Kier molecular flexibility index (Phi) is 4.33. The normalized spacial score (nSPS) is 21.7. The van der Waals surface area contributed by atoms with Crippen molar-refractivity contribution in [2.24, 2.45) is 0 Å². The van der Waals surface area contributed by atoms with Crippen LogP contribution in [-0.4, -0.2) is 30.2 Å². The molecule has 0 radical (unpaired) electrons. The highest BCUT2D eigenvalue weighted by molar-refractivity contribution is 5.77. The van der Waals surface area contributed by atoms with Crippen molar-refractivity contribution in [1.82, 2.24) is 10.6 Å². The molecule has 98 valence electrons. The highest BCUT2D eigenvalue weighted by Gasteiger charge is 2.31. The molecule has 0 saturated carbocycles. The summed E-state index contributed by atoms with van der Waals surface area (Å²) in [7, 11) is 0. The number of benzene rings is 1. The molecule has 0 aliphatic heterocycles. The summed E-state index contributed by atoms with van der Waals surface area (Å²) in [5, 5.41) is 16.0. The van der Waals surface area contributed by atoms with Gasteiger partial charge in [-0.1, -0.05) is 31.2 Å². The molecule has 0 unspecified atom stereocenters. The van der Waals surface area contributed by atoms with Crippen LogP contribution in [0.15, 0.2) is 24.3 Å². The molecule has 18 heavy (non-hydrogen) atoms. The van der Waals surface area contributed by atoms with E-state index in [1.807, 2.05) is 31.2 Å². The van der Waals surface area contributed by atoms with Gasteiger partial charge < -0.3 is 15.7 Å². The highest BCUT2D eigenvalue weighted by atomic mass is 16.3. The van der Waals surface area contributed by atoms with Crippen molar-refractivity contribution in [3.05, 3.63) is 35.4 Å². The van der Waals surface area contributed by atoms with Gasteiger partial charge in [0.15, 0.2) is 0 Å². The number of fused-ring (bicyclic) bond motifs is 1. The second-order valence-electron chi connectivity index (χ2n) is 4.62. The number of hydrogen-bond acceptors (Lipinski definition) is 3. The Morgan fingerprint density at radius 2 is 2.22 bits per heavy atom. The highest BCUT2D eigenvalue weighted by Crippen LogP contribution is 2.31. The van der Waals surface area contributed by atoms with E-state index >= 15 is 0 Å². The Morgan fingerprint density at radius 3 is 3.00 bits per heavy atom. The van der Waals surface area contributed by atoms with Crippen LogP contribution in [0.5, 0.6) is 0 Å². The minimum Gasteiger partial charge on any atom is -0.390 e. The molecule has 1 aliphatic rings. The quantitative estimate of drug-likeness (QED) is 0.674. The Bertz CT molecular complexity index is 420. The van der Waals surface area contributed by atoms with Gasteiger partial charge in [0.2, 0.25) is 5.91 Å². The number of aliphatic hydroxyl groups excluding tert-OH is 1. The number of rotatable bonds is 5. The van der Waals surface area contributed by atoms with Gasteiger partial charge in [0.25, 0.3) is 0 Å². The summed E-state index contributed by atoms with van der Waals surface area (Å²) in [6.07, 6.45) is 0.554. The van der Waals surface area contributed by atoms with Crippen molar-refractivity contribution in [2.75, 3.05) is 13.1 Å². The summed E-state index contributed by atoms with van der Waals surface area (Å²) in [5.41, 5.74) is 2.17. The molecule has 0 fully saturated rings. The fourth-order valence-corrected chi connectivity index (χ4v) is 2.37. The average Bonchev–Trinajstić information content (AvgIpc) is 2.67. The number of aliphatic hydroxyl groups is 1. The maximum atomic E-state index is 11.8. The number of carbonyl (C=O) groups excluding carboxylic acids is 1. The molecule has 0 saturated heterocycles. The molecular formula is C14H20N2O2. The van der Waals surface area contributed by atoms with Crippen LogP contribution < -0.4 is 10.6 Å². The summed E-state index contributed by atoms with van der Waals surface area (Å²) < 4.78 is 0. The van der Waals surface area contributed by atoms with Crippen molar-refractivity contribution < 1.29 is 9.90 Å². The molecular weight excluding hydrogens is 228 g/mol. The first-order valence-corrected chi connectivity index (χ1v) is 6.48. The topological polar surface area (TPSA) is 61.4 Å². The average molecular weight is 248 g/mol. The van der Waals surface area contributed by atoms with Crippen molar-refractivity contribution in [2.45, 2.75) is 31.9 Å². The molecule has 0 bridgehead atoms. The van der Waals surface area contributed by atoms with Crippen LogP contribution in [0, 0.1) is 0 Å². The molecule has 3 N–H and O–H groups in total. The predicted octanol–water partition coefficient (Wildman–Crippen LogP) is 0.760. The fraction of sp³-hybridized carbons (Fsp3) is 0.500. The Labute approximate surface area is 107 Å². The van der Waals surface area contributed by atoms with Crippen LogP contribution in [0.25, 0.3) is 0 Å². The zero-order chi connectivity index (χ0) is 13.0. The van der Waals surface area contributed by atoms with E-state index in [2.05, 4.69) is 10.6 Å². The van der Waals surface area contributed by atoms with Crippen molar-refractivity contribution in [1.29, 1.82) is 0 Å². The summed E-state index contributed by atoms with van der Waals surface area (Å²) in [6, 6.07) is 7.62. The van der Waals surface area contributed by atoms with Gasteiger partial charge in [0, 0.05) is 19.4 Å². The smallest absolute Gasteiger partial charge is 0.221 e. The first kappa shape index (κ1) is 13.1. The largest absolute Gasteiger partial charge is 0.390 e. The number of amides is 1. The van der Waals surface area contributed by atoms with E-state index in [4.69, 9.17) is 0 Å². The van der Waals surface area contributed by atoms with Crippen LogP contribution in [-0.2, 0) is 11.2 Å². The van der Waals surface area contributed by atoms with Crippen LogP contribution >= 0.6 is 0 Å². The molecule has 1 aromatic carbocycles. The van der Waals surface area contributed by atoms with E-state index in [0.717, 1.165) is 17.7 Å². The monoisotopic (exact) mass is 248 g/mol. The van der Waals surface area contributed by atoms with Crippen molar-refractivity contribution in [3.63, 3.8) is 0 Å². The molecule has 4 nitrogen and oxygen atoms in total.